The first kappa shape index (κ1) is 9.94. The number of rotatable bonds is 1. The summed E-state index contributed by atoms with van der Waals surface area (Å²) in [6, 6.07) is -0.382. The molecule has 4 nitrogen and oxygen atoms in total. The molecule has 0 aromatic rings. The molecule has 0 aliphatic rings. The van der Waals surface area contributed by atoms with Crippen LogP contribution in [-0.4, -0.2) is 29.9 Å². The molecule has 0 atom stereocenters. The van der Waals surface area contributed by atoms with Crippen LogP contribution in [0, 0.1) is 0 Å². The predicted octanol–water partition coefficient (Wildman–Crippen LogP) is 0.583. The van der Waals surface area contributed by atoms with E-state index >= 15 is 0 Å². The normalized spacial score (nSPS) is 10.5. The Labute approximate surface area is 66.6 Å². The van der Waals surface area contributed by atoms with Crippen LogP contribution in [0.2, 0.25) is 0 Å². The van der Waals surface area contributed by atoms with Gasteiger partial charge in [-0.1, -0.05) is 0 Å². The first-order valence-electron chi connectivity index (χ1n) is 3.40. The molecule has 1 N–H and O–H groups in total. The molecule has 0 aliphatic heterocycles. The molecule has 0 heterocycles. The molecule has 0 bridgehead atoms. The van der Waals surface area contributed by atoms with Gasteiger partial charge in [0.15, 0.2) is 0 Å². The molecular weight excluding hydrogens is 144 g/mol. The molecule has 0 aliphatic carbocycles. The van der Waals surface area contributed by atoms with Gasteiger partial charge >= 0.3 is 6.03 Å². The highest BCUT2D eigenvalue weighted by Crippen LogP contribution is 2.09. The molecular formula is C7H14N2O2. The maximum atomic E-state index is 11.0. The van der Waals surface area contributed by atoms with Crippen molar-refractivity contribution in [1.82, 2.24) is 10.2 Å². The summed E-state index contributed by atoms with van der Waals surface area (Å²) in [6.07, 6.45) is 0.527. The van der Waals surface area contributed by atoms with Gasteiger partial charge in [-0.2, -0.15) is 0 Å². The van der Waals surface area contributed by atoms with E-state index in [9.17, 15) is 9.59 Å². The Morgan fingerprint density at radius 1 is 1.45 bits per heavy atom. The predicted molar refractivity (Wildman–Crippen MR) is 42.1 cm³/mol. The zero-order valence-corrected chi connectivity index (χ0v) is 7.34. The number of imide groups is 1. The van der Waals surface area contributed by atoms with E-state index in [1.165, 1.54) is 7.05 Å². The monoisotopic (exact) mass is 158 g/mol. The molecule has 0 spiro atoms. The van der Waals surface area contributed by atoms with E-state index in [4.69, 9.17) is 0 Å². The third-order valence-corrected chi connectivity index (χ3v) is 1.26. The van der Waals surface area contributed by atoms with Gasteiger partial charge in [0.05, 0.1) is 0 Å². The molecule has 0 aromatic carbocycles. The number of urea groups is 1. The van der Waals surface area contributed by atoms with Crippen LogP contribution in [-0.2, 0) is 4.79 Å². The second-order valence-electron chi connectivity index (χ2n) is 3.20. The van der Waals surface area contributed by atoms with Gasteiger partial charge in [-0.25, -0.2) is 4.79 Å². The van der Waals surface area contributed by atoms with E-state index in [2.05, 4.69) is 5.32 Å². The molecule has 11 heavy (non-hydrogen) atoms. The third-order valence-electron chi connectivity index (χ3n) is 1.26. The van der Waals surface area contributed by atoms with Crippen LogP contribution < -0.4 is 5.32 Å². The number of hydrogen-bond acceptors (Lipinski definition) is 2. The van der Waals surface area contributed by atoms with Crippen molar-refractivity contribution in [3.63, 3.8) is 0 Å². The van der Waals surface area contributed by atoms with Crippen molar-refractivity contribution in [3.8, 4) is 0 Å². The lowest BCUT2D eigenvalue weighted by atomic mass is 10.1. The van der Waals surface area contributed by atoms with Gasteiger partial charge in [0, 0.05) is 12.6 Å². The molecule has 3 amide bonds. The van der Waals surface area contributed by atoms with Crippen LogP contribution >= 0.6 is 0 Å². The minimum absolute atomic E-state index is 0.382. The first-order chi connectivity index (χ1) is 4.93. The maximum Gasteiger partial charge on any atom is 0.324 e. The average molecular weight is 158 g/mol. The largest absolute Gasteiger partial charge is 0.341 e. The Hall–Kier alpha value is -1.06. The van der Waals surface area contributed by atoms with Crippen molar-refractivity contribution in [3.05, 3.63) is 0 Å². The summed E-state index contributed by atoms with van der Waals surface area (Å²) in [6.45, 7) is 5.36. The highest BCUT2D eigenvalue weighted by molar-refractivity contribution is 5.85. The summed E-state index contributed by atoms with van der Waals surface area (Å²) in [5, 5.41) is 2.38. The number of carbonyl (C=O) groups is 2. The fourth-order valence-electron chi connectivity index (χ4n) is 0.631. The number of carbonyl (C=O) groups excluding carboxylic acids is 2. The van der Waals surface area contributed by atoms with Crippen molar-refractivity contribution in [2.24, 2.45) is 0 Å². The molecule has 0 fully saturated rings. The van der Waals surface area contributed by atoms with Crippen molar-refractivity contribution >= 4 is 12.4 Å². The summed E-state index contributed by atoms with van der Waals surface area (Å²) < 4.78 is 0. The van der Waals surface area contributed by atoms with Crippen LogP contribution in [0.3, 0.4) is 0 Å². The Kier molecular flexibility index (Phi) is 3.04. The number of amides is 3. The maximum absolute atomic E-state index is 11.0. The van der Waals surface area contributed by atoms with E-state index in [0.717, 1.165) is 4.90 Å². The summed E-state index contributed by atoms with van der Waals surface area (Å²) in [7, 11) is 1.49. The minimum Gasteiger partial charge on any atom is -0.341 e. The SMILES string of the molecule is CNC(=O)N(C=O)C(C)(C)C. The zero-order valence-electron chi connectivity index (χ0n) is 7.34. The fraction of sp³-hybridized carbons (Fsp3) is 0.714. The molecule has 0 rings (SSSR count). The molecule has 64 valence electrons. The zero-order chi connectivity index (χ0) is 9.07. The number of hydrogen-bond donors (Lipinski definition) is 1. The smallest absolute Gasteiger partial charge is 0.324 e. The van der Waals surface area contributed by atoms with Gasteiger partial charge in [-0.15, -0.1) is 0 Å². The van der Waals surface area contributed by atoms with E-state index in [0.29, 0.717) is 6.41 Å². The topological polar surface area (TPSA) is 49.4 Å². The van der Waals surface area contributed by atoms with Crippen LogP contribution in [0.5, 0.6) is 0 Å². The molecule has 0 aromatic heterocycles. The molecule has 0 saturated carbocycles. The quantitative estimate of drug-likeness (QED) is 0.567. The summed E-state index contributed by atoms with van der Waals surface area (Å²) in [4.78, 5) is 22.5. The Morgan fingerprint density at radius 3 is 2.00 bits per heavy atom. The van der Waals surface area contributed by atoms with Gasteiger partial charge in [0.25, 0.3) is 0 Å². The molecule has 0 radical (unpaired) electrons. The molecule has 4 heteroatoms. The second kappa shape index (κ2) is 3.37. The van der Waals surface area contributed by atoms with E-state index < -0.39 is 5.54 Å². The van der Waals surface area contributed by atoms with E-state index in [1.54, 1.807) is 20.8 Å². The van der Waals surface area contributed by atoms with Crippen LogP contribution in [0.4, 0.5) is 4.79 Å². The number of nitrogens with zero attached hydrogens (tertiary/aromatic N) is 1. The lowest BCUT2D eigenvalue weighted by Crippen LogP contribution is -2.48. The minimum atomic E-state index is -0.457. The van der Waals surface area contributed by atoms with E-state index in [1.807, 2.05) is 0 Å². The van der Waals surface area contributed by atoms with Crippen LogP contribution in [0.25, 0.3) is 0 Å². The van der Waals surface area contributed by atoms with Crippen LogP contribution in [0.15, 0.2) is 0 Å². The molecule has 0 unspecified atom stereocenters. The van der Waals surface area contributed by atoms with Crippen molar-refractivity contribution in [2.45, 2.75) is 26.3 Å². The summed E-state index contributed by atoms with van der Waals surface area (Å²) in [5.74, 6) is 0. The van der Waals surface area contributed by atoms with Crippen LogP contribution in [0.1, 0.15) is 20.8 Å². The van der Waals surface area contributed by atoms with Gasteiger partial charge in [-0.3, -0.25) is 9.69 Å². The lowest BCUT2D eigenvalue weighted by molar-refractivity contribution is -0.118. The summed E-state index contributed by atoms with van der Waals surface area (Å²) in [5.41, 5.74) is -0.457. The van der Waals surface area contributed by atoms with Gasteiger partial charge in [0.1, 0.15) is 0 Å². The van der Waals surface area contributed by atoms with Crippen molar-refractivity contribution in [1.29, 1.82) is 0 Å². The number of nitrogens with one attached hydrogen (secondary N) is 1. The average Bonchev–Trinajstić information content (AvgIpc) is 1.86. The third kappa shape index (κ3) is 2.57. The fourth-order valence-corrected chi connectivity index (χ4v) is 0.631. The Balaban J connectivity index is 4.41. The standard InChI is InChI=1S/C7H14N2O2/c1-7(2,3)9(5-10)6(11)8-4/h5H,1-4H3,(H,8,11). The Bertz CT molecular complexity index is 160. The van der Waals surface area contributed by atoms with Gasteiger partial charge in [0.2, 0.25) is 6.41 Å². The van der Waals surface area contributed by atoms with Crippen molar-refractivity contribution in [2.75, 3.05) is 7.05 Å². The van der Waals surface area contributed by atoms with Crippen molar-refractivity contribution < 1.29 is 9.59 Å². The Morgan fingerprint density at radius 2 is 1.91 bits per heavy atom. The highest BCUT2D eigenvalue weighted by atomic mass is 16.2. The second-order valence-corrected chi connectivity index (χ2v) is 3.20. The molecule has 0 saturated heterocycles. The van der Waals surface area contributed by atoms with E-state index in [-0.39, 0.29) is 6.03 Å². The highest BCUT2D eigenvalue weighted by Gasteiger charge is 2.24. The summed E-state index contributed by atoms with van der Waals surface area (Å²) >= 11 is 0. The lowest BCUT2D eigenvalue weighted by Gasteiger charge is -2.29. The first-order valence-corrected chi connectivity index (χ1v) is 3.40. The van der Waals surface area contributed by atoms with Gasteiger partial charge in [-0.05, 0) is 20.8 Å². The van der Waals surface area contributed by atoms with Gasteiger partial charge < -0.3 is 5.32 Å².